The minimum Gasteiger partial charge on any atom is -0.493 e. The van der Waals surface area contributed by atoms with Gasteiger partial charge in [-0.3, -0.25) is 4.79 Å². The number of amides is 1. The maximum atomic E-state index is 11.8. The third-order valence-electron chi connectivity index (χ3n) is 3.76. The number of ether oxygens (including phenoxy) is 3. The first kappa shape index (κ1) is 21.8. The number of hydrogen-bond acceptors (Lipinski definition) is 5. The summed E-state index contributed by atoms with van der Waals surface area (Å²) >= 11 is 3.35. The number of hydrazone groups is 1. The van der Waals surface area contributed by atoms with Gasteiger partial charge in [-0.15, -0.1) is 0 Å². The van der Waals surface area contributed by atoms with E-state index in [1.54, 1.807) is 25.5 Å². The van der Waals surface area contributed by atoms with Crippen molar-refractivity contribution in [3.63, 3.8) is 0 Å². The summed E-state index contributed by atoms with van der Waals surface area (Å²) < 4.78 is 17.4. The highest BCUT2D eigenvalue weighted by atomic mass is 79.9. The van der Waals surface area contributed by atoms with E-state index in [0.29, 0.717) is 23.9 Å². The lowest BCUT2D eigenvalue weighted by atomic mass is 10.2. The standard InChI is InChI=1S/C21H25BrN2O4/c1-3-4-5-11-27-19-10-9-16(12-20(19)26-2)14-23-24-21(25)15-28-18-8-6-7-17(22)13-18/h6-10,12-14H,3-5,11,15H2,1-2H3,(H,24,25). The van der Waals surface area contributed by atoms with Crippen molar-refractivity contribution >= 4 is 28.1 Å². The monoisotopic (exact) mass is 448 g/mol. The van der Waals surface area contributed by atoms with Gasteiger partial charge in [0.05, 0.1) is 19.9 Å². The van der Waals surface area contributed by atoms with Crippen LogP contribution >= 0.6 is 15.9 Å². The fourth-order valence-electron chi connectivity index (χ4n) is 2.33. The Kier molecular flexibility index (Phi) is 9.34. The highest BCUT2D eigenvalue weighted by molar-refractivity contribution is 9.10. The summed E-state index contributed by atoms with van der Waals surface area (Å²) in [5, 5.41) is 3.95. The smallest absolute Gasteiger partial charge is 0.277 e. The molecule has 0 saturated carbocycles. The number of carbonyl (C=O) groups excluding carboxylic acids is 1. The predicted octanol–water partition coefficient (Wildman–Crippen LogP) is 4.56. The number of carbonyl (C=O) groups is 1. The summed E-state index contributed by atoms with van der Waals surface area (Å²) in [6.07, 6.45) is 4.84. The molecule has 2 aromatic rings. The molecule has 6 nitrogen and oxygen atoms in total. The zero-order valence-electron chi connectivity index (χ0n) is 16.1. The summed E-state index contributed by atoms with van der Waals surface area (Å²) in [7, 11) is 1.59. The Morgan fingerprint density at radius 3 is 2.75 bits per heavy atom. The zero-order chi connectivity index (χ0) is 20.2. The van der Waals surface area contributed by atoms with E-state index in [9.17, 15) is 4.79 Å². The number of nitrogens with one attached hydrogen (secondary N) is 1. The molecule has 0 heterocycles. The van der Waals surface area contributed by atoms with Gasteiger partial charge in [0.15, 0.2) is 18.1 Å². The van der Waals surface area contributed by atoms with Crippen LogP contribution in [-0.2, 0) is 4.79 Å². The molecule has 0 spiro atoms. The van der Waals surface area contributed by atoms with Crippen LogP contribution in [0.4, 0.5) is 0 Å². The number of rotatable bonds is 11. The molecular weight excluding hydrogens is 424 g/mol. The maximum absolute atomic E-state index is 11.8. The third-order valence-corrected chi connectivity index (χ3v) is 4.26. The number of nitrogens with zero attached hydrogens (tertiary/aromatic N) is 1. The Hall–Kier alpha value is -2.54. The lowest BCUT2D eigenvalue weighted by molar-refractivity contribution is -0.123. The number of methoxy groups -OCH3 is 1. The average molecular weight is 449 g/mol. The van der Waals surface area contributed by atoms with E-state index in [1.165, 1.54) is 0 Å². The van der Waals surface area contributed by atoms with Crippen molar-refractivity contribution in [2.45, 2.75) is 26.2 Å². The normalized spacial score (nSPS) is 10.7. The van der Waals surface area contributed by atoms with E-state index in [2.05, 4.69) is 33.4 Å². The van der Waals surface area contributed by atoms with Gasteiger partial charge in [0.1, 0.15) is 5.75 Å². The molecule has 2 aromatic carbocycles. The van der Waals surface area contributed by atoms with E-state index < -0.39 is 0 Å². The Labute approximate surface area is 174 Å². The van der Waals surface area contributed by atoms with Gasteiger partial charge in [0.25, 0.3) is 5.91 Å². The Bertz CT molecular complexity index is 796. The average Bonchev–Trinajstić information content (AvgIpc) is 2.70. The predicted molar refractivity (Wildman–Crippen MR) is 113 cm³/mol. The number of halogens is 1. The van der Waals surface area contributed by atoms with Gasteiger partial charge < -0.3 is 14.2 Å². The first-order chi connectivity index (χ1) is 13.6. The molecule has 0 aliphatic heterocycles. The zero-order valence-corrected chi connectivity index (χ0v) is 17.7. The minimum absolute atomic E-state index is 0.123. The molecule has 0 saturated heterocycles. The molecule has 0 aliphatic rings. The Morgan fingerprint density at radius 2 is 2.00 bits per heavy atom. The first-order valence-electron chi connectivity index (χ1n) is 9.13. The van der Waals surface area contributed by atoms with Crippen LogP contribution in [0, 0.1) is 0 Å². The summed E-state index contributed by atoms with van der Waals surface area (Å²) in [5.41, 5.74) is 3.22. The highest BCUT2D eigenvalue weighted by Crippen LogP contribution is 2.27. The van der Waals surface area contributed by atoms with Crippen LogP contribution in [0.2, 0.25) is 0 Å². The number of benzene rings is 2. The Balaban J connectivity index is 1.83. The second kappa shape index (κ2) is 12.0. The van der Waals surface area contributed by atoms with Gasteiger partial charge in [-0.05, 0) is 48.4 Å². The SMILES string of the molecule is CCCCCOc1ccc(C=NNC(=O)COc2cccc(Br)c2)cc1OC. The quantitative estimate of drug-likeness (QED) is 0.310. The van der Waals surface area contributed by atoms with Crippen molar-refractivity contribution in [1.82, 2.24) is 5.43 Å². The molecule has 2 rings (SSSR count). The van der Waals surface area contributed by atoms with Crippen LogP contribution in [0.3, 0.4) is 0 Å². The van der Waals surface area contributed by atoms with Crippen LogP contribution in [0.5, 0.6) is 17.2 Å². The number of hydrogen-bond donors (Lipinski definition) is 1. The summed E-state index contributed by atoms with van der Waals surface area (Å²) in [6.45, 7) is 2.69. The first-order valence-corrected chi connectivity index (χ1v) is 9.92. The molecule has 150 valence electrons. The fourth-order valence-corrected chi connectivity index (χ4v) is 2.71. The van der Waals surface area contributed by atoms with Crippen molar-refractivity contribution in [3.8, 4) is 17.2 Å². The molecule has 0 aromatic heterocycles. The van der Waals surface area contributed by atoms with Gasteiger partial charge in [-0.1, -0.05) is 41.8 Å². The van der Waals surface area contributed by atoms with E-state index in [-0.39, 0.29) is 12.5 Å². The van der Waals surface area contributed by atoms with Crippen LogP contribution in [0.15, 0.2) is 52.0 Å². The van der Waals surface area contributed by atoms with Crippen molar-refractivity contribution in [1.29, 1.82) is 0 Å². The van der Waals surface area contributed by atoms with Crippen LogP contribution < -0.4 is 19.6 Å². The molecule has 28 heavy (non-hydrogen) atoms. The van der Waals surface area contributed by atoms with Gasteiger partial charge in [0, 0.05) is 4.47 Å². The lowest BCUT2D eigenvalue weighted by Crippen LogP contribution is -2.24. The minimum atomic E-state index is -0.348. The van der Waals surface area contributed by atoms with Gasteiger partial charge >= 0.3 is 0 Å². The molecule has 0 radical (unpaired) electrons. The molecule has 0 bridgehead atoms. The van der Waals surface area contributed by atoms with Crippen LogP contribution in [-0.4, -0.2) is 32.4 Å². The van der Waals surface area contributed by atoms with Gasteiger partial charge in [-0.2, -0.15) is 5.10 Å². The molecular formula is C21H25BrN2O4. The lowest BCUT2D eigenvalue weighted by Gasteiger charge is -2.11. The topological polar surface area (TPSA) is 69.2 Å². The van der Waals surface area contributed by atoms with E-state index in [1.807, 2.05) is 30.3 Å². The molecule has 0 aliphatic carbocycles. The van der Waals surface area contributed by atoms with Crippen LogP contribution in [0.1, 0.15) is 31.7 Å². The maximum Gasteiger partial charge on any atom is 0.277 e. The van der Waals surface area contributed by atoms with Crippen molar-refractivity contribution in [2.24, 2.45) is 5.10 Å². The fraction of sp³-hybridized carbons (Fsp3) is 0.333. The van der Waals surface area contributed by atoms with Crippen molar-refractivity contribution in [2.75, 3.05) is 20.3 Å². The second-order valence-electron chi connectivity index (χ2n) is 6.01. The van der Waals surface area contributed by atoms with E-state index in [4.69, 9.17) is 14.2 Å². The van der Waals surface area contributed by atoms with E-state index in [0.717, 1.165) is 29.3 Å². The van der Waals surface area contributed by atoms with Gasteiger partial charge in [-0.25, -0.2) is 5.43 Å². The summed E-state index contributed by atoms with van der Waals surface area (Å²) in [5.74, 6) is 1.58. The summed E-state index contributed by atoms with van der Waals surface area (Å²) in [6, 6.07) is 12.8. The van der Waals surface area contributed by atoms with E-state index >= 15 is 0 Å². The molecule has 0 unspecified atom stereocenters. The highest BCUT2D eigenvalue weighted by Gasteiger charge is 2.05. The van der Waals surface area contributed by atoms with Crippen molar-refractivity contribution < 1.29 is 19.0 Å². The number of unbranched alkanes of at least 4 members (excludes halogenated alkanes) is 2. The molecule has 1 N–H and O–H groups in total. The summed E-state index contributed by atoms with van der Waals surface area (Å²) in [4.78, 5) is 11.8. The molecule has 7 heteroatoms. The van der Waals surface area contributed by atoms with Gasteiger partial charge in [0.2, 0.25) is 0 Å². The Morgan fingerprint density at radius 1 is 1.14 bits per heavy atom. The molecule has 0 fully saturated rings. The molecule has 1 amide bonds. The van der Waals surface area contributed by atoms with Crippen molar-refractivity contribution in [3.05, 3.63) is 52.5 Å². The second-order valence-corrected chi connectivity index (χ2v) is 6.92. The molecule has 0 atom stereocenters. The van der Waals surface area contributed by atoms with Crippen LogP contribution in [0.25, 0.3) is 0 Å². The third kappa shape index (κ3) is 7.60. The largest absolute Gasteiger partial charge is 0.493 e.